The largest absolute Gasteiger partial charge is 0.496 e. The zero-order chi connectivity index (χ0) is 12.3. The predicted molar refractivity (Wildman–Crippen MR) is 62.4 cm³/mol. The van der Waals surface area contributed by atoms with Crippen LogP contribution in [0.4, 0.5) is 0 Å². The summed E-state index contributed by atoms with van der Waals surface area (Å²) in [6.07, 6.45) is 0. The molecule has 1 rings (SSSR count). The van der Waals surface area contributed by atoms with Crippen LogP contribution < -0.4 is 15.2 Å². The van der Waals surface area contributed by atoms with Crippen molar-refractivity contribution >= 4 is 15.9 Å². The minimum atomic E-state index is -2.14. The third-order valence-electron chi connectivity index (χ3n) is 2.19. The van der Waals surface area contributed by atoms with Crippen LogP contribution in [0.15, 0.2) is 16.6 Å². The Morgan fingerprint density at radius 3 is 2.25 bits per heavy atom. The second kappa shape index (κ2) is 5.01. The van der Waals surface area contributed by atoms with E-state index in [1.165, 1.54) is 20.3 Å². The first-order valence-electron chi connectivity index (χ1n) is 4.53. The minimum Gasteiger partial charge on any atom is -0.496 e. The number of benzene rings is 1. The molecule has 1 aromatic carbocycles. The molecule has 0 aliphatic carbocycles. The molecule has 0 radical (unpaired) electrons. The minimum absolute atomic E-state index is 0.164. The summed E-state index contributed by atoms with van der Waals surface area (Å²) in [5.74, 6) is -1.35. The van der Waals surface area contributed by atoms with Crippen molar-refractivity contribution in [3.8, 4) is 11.5 Å². The van der Waals surface area contributed by atoms with Crippen LogP contribution in [0.2, 0.25) is 0 Å². The van der Waals surface area contributed by atoms with E-state index in [4.69, 9.17) is 15.2 Å². The van der Waals surface area contributed by atoms with Crippen molar-refractivity contribution in [1.82, 2.24) is 0 Å². The summed E-state index contributed by atoms with van der Waals surface area (Å²) in [6, 6.07) is 3.06. The van der Waals surface area contributed by atoms with Gasteiger partial charge < -0.3 is 25.4 Å². The lowest BCUT2D eigenvalue weighted by molar-refractivity contribution is -0.161. The Balaban J connectivity index is 3.36. The normalized spacial score (nSPS) is 11.4. The van der Waals surface area contributed by atoms with Gasteiger partial charge in [-0.2, -0.15) is 0 Å². The molecule has 0 saturated heterocycles. The number of halogens is 1. The van der Waals surface area contributed by atoms with Gasteiger partial charge in [-0.15, -0.1) is 0 Å². The van der Waals surface area contributed by atoms with Gasteiger partial charge >= 0.3 is 0 Å². The van der Waals surface area contributed by atoms with Gasteiger partial charge in [-0.05, 0) is 28.1 Å². The van der Waals surface area contributed by atoms with Gasteiger partial charge in [-0.25, -0.2) is 0 Å². The summed E-state index contributed by atoms with van der Waals surface area (Å²) in [6.45, 7) is -0.339. The van der Waals surface area contributed by atoms with Gasteiger partial charge in [0.25, 0.3) is 0 Å². The molecule has 6 heteroatoms. The van der Waals surface area contributed by atoms with Gasteiger partial charge in [0.05, 0.1) is 30.8 Å². The zero-order valence-electron chi connectivity index (χ0n) is 9.03. The van der Waals surface area contributed by atoms with E-state index in [0.717, 1.165) is 0 Å². The highest BCUT2D eigenvalue weighted by molar-refractivity contribution is 9.10. The standard InChI is InChI=1S/C10H14BrNO4/c1-15-8-4-7(11)9(16-2)3-6(8)10(13,14)5-12/h3-4,13-14H,5,12H2,1-2H3. The van der Waals surface area contributed by atoms with E-state index in [-0.39, 0.29) is 12.1 Å². The number of methoxy groups -OCH3 is 2. The highest BCUT2D eigenvalue weighted by atomic mass is 79.9. The average molecular weight is 292 g/mol. The van der Waals surface area contributed by atoms with Crippen molar-refractivity contribution < 1.29 is 19.7 Å². The van der Waals surface area contributed by atoms with E-state index in [0.29, 0.717) is 16.0 Å². The van der Waals surface area contributed by atoms with Crippen molar-refractivity contribution in [2.45, 2.75) is 5.79 Å². The summed E-state index contributed by atoms with van der Waals surface area (Å²) in [5.41, 5.74) is 5.45. The monoisotopic (exact) mass is 291 g/mol. The number of hydrogen-bond acceptors (Lipinski definition) is 5. The molecule has 0 aliphatic rings. The Morgan fingerprint density at radius 2 is 1.81 bits per heavy atom. The molecular formula is C10H14BrNO4. The highest BCUT2D eigenvalue weighted by Gasteiger charge is 2.29. The van der Waals surface area contributed by atoms with Crippen molar-refractivity contribution in [3.63, 3.8) is 0 Å². The molecule has 90 valence electrons. The Bertz CT molecular complexity index is 381. The number of aliphatic hydroxyl groups is 2. The lowest BCUT2D eigenvalue weighted by Crippen LogP contribution is -2.34. The fraction of sp³-hybridized carbons (Fsp3) is 0.400. The molecule has 0 saturated carbocycles. The van der Waals surface area contributed by atoms with Crippen molar-refractivity contribution in [1.29, 1.82) is 0 Å². The predicted octanol–water partition coefficient (Wildman–Crippen LogP) is 0.562. The zero-order valence-corrected chi connectivity index (χ0v) is 10.6. The number of nitrogens with two attached hydrogens (primary N) is 1. The molecule has 0 amide bonds. The Kier molecular flexibility index (Phi) is 4.15. The van der Waals surface area contributed by atoms with Crippen LogP contribution in [0.25, 0.3) is 0 Å². The molecule has 0 aromatic heterocycles. The van der Waals surface area contributed by atoms with Gasteiger partial charge in [0.1, 0.15) is 11.5 Å². The summed E-state index contributed by atoms with van der Waals surface area (Å²) < 4.78 is 10.8. The summed E-state index contributed by atoms with van der Waals surface area (Å²) in [5, 5.41) is 19.4. The van der Waals surface area contributed by atoms with Gasteiger partial charge in [0.15, 0.2) is 0 Å². The van der Waals surface area contributed by atoms with Gasteiger partial charge in [0, 0.05) is 0 Å². The summed E-state index contributed by atoms with van der Waals surface area (Å²) in [7, 11) is 2.92. The van der Waals surface area contributed by atoms with E-state index in [1.54, 1.807) is 6.07 Å². The first-order chi connectivity index (χ1) is 7.46. The topological polar surface area (TPSA) is 84.9 Å². The Labute approximate surface area is 102 Å². The van der Waals surface area contributed by atoms with Crippen LogP contribution in [0, 0.1) is 0 Å². The molecule has 0 aliphatic heterocycles. The van der Waals surface area contributed by atoms with Gasteiger partial charge in [0.2, 0.25) is 5.79 Å². The molecule has 5 nitrogen and oxygen atoms in total. The summed E-state index contributed by atoms with van der Waals surface area (Å²) >= 11 is 3.27. The first-order valence-corrected chi connectivity index (χ1v) is 5.32. The number of rotatable bonds is 4. The molecule has 0 bridgehead atoms. The SMILES string of the molecule is COc1cc(C(O)(O)CN)c(OC)cc1Br. The lowest BCUT2D eigenvalue weighted by atomic mass is 10.0. The molecule has 0 heterocycles. The molecule has 0 unspecified atom stereocenters. The third kappa shape index (κ3) is 2.46. The van der Waals surface area contributed by atoms with Crippen molar-refractivity contribution in [2.24, 2.45) is 5.73 Å². The van der Waals surface area contributed by atoms with Crippen LogP contribution in [-0.4, -0.2) is 31.0 Å². The molecule has 1 aromatic rings. The number of ether oxygens (including phenoxy) is 2. The molecule has 0 atom stereocenters. The van der Waals surface area contributed by atoms with E-state index < -0.39 is 5.79 Å². The molecule has 16 heavy (non-hydrogen) atoms. The second-order valence-electron chi connectivity index (χ2n) is 3.21. The smallest absolute Gasteiger partial charge is 0.206 e. The maximum Gasteiger partial charge on any atom is 0.206 e. The fourth-order valence-corrected chi connectivity index (χ4v) is 1.77. The van der Waals surface area contributed by atoms with Crippen LogP contribution in [-0.2, 0) is 5.79 Å². The third-order valence-corrected chi connectivity index (χ3v) is 2.81. The maximum atomic E-state index is 9.70. The number of hydrogen-bond donors (Lipinski definition) is 3. The van der Waals surface area contributed by atoms with Crippen LogP contribution >= 0.6 is 15.9 Å². The summed E-state index contributed by atoms with van der Waals surface area (Å²) in [4.78, 5) is 0. The van der Waals surface area contributed by atoms with E-state index in [2.05, 4.69) is 15.9 Å². The van der Waals surface area contributed by atoms with E-state index >= 15 is 0 Å². The van der Waals surface area contributed by atoms with Gasteiger partial charge in [-0.3, -0.25) is 0 Å². The Hall–Kier alpha value is -0.820. The van der Waals surface area contributed by atoms with Crippen LogP contribution in [0.5, 0.6) is 11.5 Å². The average Bonchev–Trinajstić information content (AvgIpc) is 2.28. The lowest BCUT2D eigenvalue weighted by Gasteiger charge is -2.23. The van der Waals surface area contributed by atoms with Crippen LogP contribution in [0.3, 0.4) is 0 Å². The van der Waals surface area contributed by atoms with E-state index in [1.807, 2.05) is 0 Å². The molecular weight excluding hydrogens is 278 g/mol. The van der Waals surface area contributed by atoms with E-state index in [9.17, 15) is 10.2 Å². The molecule has 4 N–H and O–H groups in total. The molecule has 0 fully saturated rings. The Morgan fingerprint density at radius 1 is 1.25 bits per heavy atom. The fourth-order valence-electron chi connectivity index (χ4n) is 1.28. The van der Waals surface area contributed by atoms with Gasteiger partial charge in [-0.1, -0.05) is 0 Å². The highest BCUT2D eigenvalue weighted by Crippen LogP contribution is 2.36. The quantitative estimate of drug-likeness (QED) is 0.706. The first kappa shape index (κ1) is 13.2. The second-order valence-corrected chi connectivity index (χ2v) is 4.06. The molecule has 0 spiro atoms. The van der Waals surface area contributed by atoms with Crippen molar-refractivity contribution in [2.75, 3.05) is 20.8 Å². The van der Waals surface area contributed by atoms with Crippen LogP contribution in [0.1, 0.15) is 5.56 Å². The van der Waals surface area contributed by atoms with Crippen molar-refractivity contribution in [3.05, 3.63) is 22.2 Å². The maximum absolute atomic E-state index is 9.70.